The second kappa shape index (κ2) is 10.2. The number of nitrogens with one attached hydrogen (secondary N) is 1. The van der Waals surface area contributed by atoms with E-state index in [9.17, 15) is 13.6 Å². The van der Waals surface area contributed by atoms with Crippen LogP contribution in [-0.4, -0.2) is 50.9 Å². The Morgan fingerprint density at radius 2 is 2.17 bits per heavy atom. The van der Waals surface area contributed by atoms with Crippen LogP contribution in [0.2, 0.25) is 0 Å². The lowest BCUT2D eigenvalue weighted by atomic mass is 9.82. The van der Waals surface area contributed by atoms with Crippen LogP contribution in [0.15, 0.2) is 42.9 Å². The molecule has 3 aromatic rings. The summed E-state index contributed by atoms with van der Waals surface area (Å²) < 4.78 is 35.0. The average molecular weight is 486 g/mol. The molecule has 1 aliphatic rings. The number of benzene rings is 1. The molecule has 1 fully saturated rings. The van der Waals surface area contributed by atoms with E-state index in [-0.39, 0.29) is 36.9 Å². The van der Waals surface area contributed by atoms with Gasteiger partial charge < -0.3 is 19.4 Å². The molecule has 0 aliphatic heterocycles. The molecule has 9 heteroatoms. The van der Waals surface area contributed by atoms with Gasteiger partial charge in [-0.15, -0.1) is 0 Å². The standard InChI is InChI=1S/C26H33F2N5O2/c1-5-33(25(34)30-17(2)21-10-7-11-26(27,28)15-21)18(3)19-8-6-9-20(14-19)22-16-32-13-12-29-23(32)24(31-22)35-4/h6,8-9,12-14,16-18,21H,5,7,10-11,15H2,1-4H3,(H,30,34). The summed E-state index contributed by atoms with van der Waals surface area (Å²) in [6.45, 7) is 6.19. The van der Waals surface area contributed by atoms with Crippen LogP contribution in [0.3, 0.4) is 0 Å². The van der Waals surface area contributed by atoms with Crippen LogP contribution in [0.5, 0.6) is 5.88 Å². The maximum Gasteiger partial charge on any atom is 0.318 e. The number of methoxy groups -OCH3 is 1. The maximum atomic E-state index is 13.9. The zero-order valence-corrected chi connectivity index (χ0v) is 20.7. The van der Waals surface area contributed by atoms with Gasteiger partial charge in [0.25, 0.3) is 5.88 Å². The number of rotatable bonds is 7. The third-order valence-corrected chi connectivity index (χ3v) is 7.01. The number of fused-ring (bicyclic) bond motifs is 1. The molecule has 3 unspecified atom stereocenters. The van der Waals surface area contributed by atoms with E-state index in [1.165, 1.54) is 0 Å². The van der Waals surface area contributed by atoms with Crippen molar-refractivity contribution >= 4 is 11.7 Å². The summed E-state index contributed by atoms with van der Waals surface area (Å²) in [7, 11) is 1.56. The molecule has 3 atom stereocenters. The highest BCUT2D eigenvalue weighted by Crippen LogP contribution is 2.38. The molecule has 7 nitrogen and oxygen atoms in total. The maximum absolute atomic E-state index is 13.9. The van der Waals surface area contributed by atoms with Crippen LogP contribution >= 0.6 is 0 Å². The predicted octanol–water partition coefficient (Wildman–Crippen LogP) is 5.71. The largest absolute Gasteiger partial charge is 0.478 e. The summed E-state index contributed by atoms with van der Waals surface area (Å²) in [6, 6.07) is 7.09. The van der Waals surface area contributed by atoms with Gasteiger partial charge in [0.2, 0.25) is 5.92 Å². The van der Waals surface area contributed by atoms with E-state index < -0.39 is 5.92 Å². The number of urea groups is 1. The lowest BCUT2D eigenvalue weighted by molar-refractivity contribution is -0.0568. The first kappa shape index (κ1) is 24.9. The Morgan fingerprint density at radius 3 is 2.89 bits per heavy atom. The SMILES string of the molecule is CCN(C(=O)NC(C)C1CCCC(F)(F)C1)C(C)c1cccc(-c2cn3ccnc3c(OC)n2)c1. The molecule has 2 heterocycles. The molecule has 2 aromatic heterocycles. The molecular weight excluding hydrogens is 452 g/mol. The highest BCUT2D eigenvalue weighted by atomic mass is 19.3. The van der Waals surface area contributed by atoms with E-state index in [4.69, 9.17) is 4.74 Å². The van der Waals surface area contributed by atoms with Gasteiger partial charge in [0, 0.05) is 49.6 Å². The van der Waals surface area contributed by atoms with Crippen LogP contribution in [0.1, 0.15) is 58.1 Å². The fraction of sp³-hybridized carbons (Fsp3) is 0.500. The molecule has 4 rings (SSSR count). The Morgan fingerprint density at radius 1 is 1.37 bits per heavy atom. The monoisotopic (exact) mass is 485 g/mol. The van der Waals surface area contributed by atoms with E-state index >= 15 is 0 Å². The Labute approximate surface area is 204 Å². The van der Waals surface area contributed by atoms with E-state index in [2.05, 4.69) is 15.3 Å². The summed E-state index contributed by atoms with van der Waals surface area (Å²) in [5, 5.41) is 2.98. The van der Waals surface area contributed by atoms with Gasteiger partial charge in [0.05, 0.1) is 18.8 Å². The molecule has 0 spiro atoms. The Kier molecular flexibility index (Phi) is 7.23. The second-order valence-electron chi connectivity index (χ2n) is 9.33. The van der Waals surface area contributed by atoms with Crippen LogP contribution in [-0.2, 0) is 0 Å². The van der Waals surface area contributed by atoms with Crippen molar-refractivity contribution in [2.24, 2.45) is 5.92 Å². The highest BCUT2D eigenvalue weighted by molar-refractivity contribution is 5.75. The molecule has 1 aromatic carbocycles. The molecular formula is C26H33F2N5O2. The number of carbonyl (C=O) groups excluding carboxylic acids is 1. The number of aromatic nitrogens is 3. The Hall–Kier alpha value is -3.23. The van der Waals surface area contributed by atoms with Crippen molar-refractivity contribution in [3.63, 3.8) is 0 Å². The van der Waals surface area contributed by atoms with Gasteiger partial charge in [-0.3, -0.25) is 0 Å². The molecule has 2 amide bonds. The summed E-state index contributed by atoms with van der Waals surface area (Å²) in [6.07, 6.45) is 6.38. The van der Waals surface area contributed by atoms with Gasteiger partial charge in [-0.2, -0.15) is 0 Å². The fourth-order valence-corrected chi connectivity index (χ4v) is 4.94. The Bertz CT molecular complexity index is 1180. The second-order valence-corrected chi connectivity index (χ2v) is 9.33. The minimum absolute atomic E-state index is 0.0624. The van der Waals surface area contributed by atoms with Crippen LogP contribution in [0, 0.1) is 5.92 Å². The van der Waals surface area contributed by atoms with E-state index in [1.807, 2.05) is 61.8 Å². The number of imidazole rings is 1. The van der Waals surface area contributed by atoms with Crippen LogP contribution < -0.4 is 10.1 Å². The number of hydrogen-bond donors (Lipinski definition) is 1. The lowest BCUT2D eigenvalue weighted by Crippen LogP contribution is -2.48. The molecule has 0 saturated heterocycles. The van der Waals surface area contributed by atoms with Crippen molar-refractivity contribution in [2.75, 3.05) is 13.7 Å². The van der Waals surface area contributed by atoms with Gasteiger partial charge in [-0.25, -0.2) is 23.5 Å². The normalized spacial score (nSPS) is 19.2. The zero-order chi connectivity index (χ0) is 25.2. The molecule has 0 radical (unpaired) electrons. The number of ether oxygens (including phenoxy) is 1. The summed E-state index contributed by atoms with van der Waals surface area (Å²) in [5.41, 5.74) is 3.19. The van der Waals surface area contributed by atoms with E-state index in [0.29, 0.717) is 30.9 Å². The molecule has 0 bridgehead atoms. The smallest absolute Gasteiger partial charge is 0.318 e. The molecule has 1 aliphatic carbocycles. The van der Waals surface area contributed by atoms with Crippen LogP contribution in [0.25, 0.3) is 16.9 Å². The number of alkyl halides is 2. The highest BCUT2D eigenvalue weighted by Gasteiger charge is 2.39. The van der Waals surface area contributed by atoms with E-state index in [1.54, 1.807) is 18.2 Å². The van der Waals surface area contributed by atoms with Crippen molar-refractivity contribution in [1.82, 2.24) is 24.6 Å². The molecule has 1 N–H and O–H groups in total. The van der Waals surface area contributed by atoms with Crippen molar-refractivity contribution in [1.29, 1.82) is 0 Å². The van der Waals surface area contributed by atoms with Gasteiger partial charge in [-0.05, 0) is 51.2 Å². The Balaban J connectivity index is 1.51. The van der Waals surface area contributed by atoms with Gasteiger partial charge in [-0.1, -0.05) is 18.2 Å². The van der Waals surface area contributed by atoms with Crippen molar-refractivity contribution < 1.29 is 18.3 Å². The minimum Gasteiger partial charge on any atom is -0.478 e. The molecule has 188 valence electrons. The average Bonchev–Trinajstić information content (AvgIpc) is 3.32. The van der Waals surface area contributed by atoms with Crippen LogP contribution in [0.4, 0.5) is 13.6 Å². The number of halogens is 2. The fourth-order valence-electron chi connectivity index (χ4n) is 4.94. The topological polar surface area (TPSA) is 71.8 Å². The first-order chi connectivity index (χ1) is 16.7. The number of amides is 2. The third-order valence-electron chi connectivity index (χ3n) is 7.01. The van der Waals surface area contributed by atoms with Gasteiger partial charge >= 0.3 is 6.03 Å². The van der Waals surface area contributed by atoms with Crippen molar-refractivity contribution in [3.8, 4) is 17.1 Å². The molecule has 35 heavy (non-hydrogen) atoms. The lowest BCUT2D eigenvalue weighted by Gasteiger charge is -2.35. The van der Waals surface area contributed by atoms with Crippen molar-refractivity contribution in [2.45, 2.75) is 64.5 Å². The number of nitrogens with zero attached hydrogens (tertiary/aromatic N) is 4. The minimum atomic E-state index is -2.64. The predicted molar refractivity (Wildman–Crippen MR) is 131 cm³/mol. The zero-order valence-electron chi connectivity index (χ0n) is 20.7. The summed E-state index contributed by atoms with van der Waals surface area (Å²) in [4.78, 5) is 23.7. The number of carbonyl (C=O) groups is 1. The first-order valence-electron chi connectivity index (χ1n) is 12.2. The van der Waals surface area contributed by atoms with Gasteiger partial charge in [0.15, 0.2) is 5.65 Å². The quantitative estimate of drug-likeness (QED) is 0.465. The molecule has 1 saturated carbocycles. The number of hydrogen-bond acceptors (Lipinski definition) is 4. The third kappa shape index (κ3) is 5.39. The summed E-state index contributed by atoms with van der Waals surface area (Å²) >= 11 is 0. The van der Waals surface area contributed by atoms with Crippen molar-refractivity contribution in [3.05, 3.63) is 48.4 Å². The van der Waals surface area contributed by atoms with Gasteiger partial charge in [0.1, 0.15) is 0 Å². The first-order valence-corrected chi connectivity index (χ1v) is 12.2. The summed E-state index contributed by atoms with van der Waals surface area (Å²) in [5.74, 6) is -2.43. The van der Waals surface area contributed by atoms with E-state index in [0.717, 1.165) is 16.8 Å².